The number of ether oxygens (including phenoxy) is 6. The lowest BCUT2D eigenvalue weighted by Gasteiger charge is -2.20. The van der Waals surface area contributed by atoms with Gasteiger partial charge in [0.15, 0.2) is 0 Å². The van der Waals surface area contributed by atoms with Crippen LogP contribution >= 0.6 is 0 Å². The summed E-state index contributed by atoms with van der Waals surface area (Å²) in [5.41, 5.74) is 0.686. The van der Waals surface area contributed by atoms with Gasteiger partial charge in [0, 0.05) is 44.8 Å². The molecule has 0 saturated carbocycles. The van der Waals surface area contributed by atoms with Gasteiger partial charge < -0.3 is 39.1 Å². The van der Waals surface area contributed by atoms with Gasteiger partial charge >= 0.3 is 24.1 Å². The van der Waals surface area contributed by atoms with E-state index in [4.69, 9.17) is 28.4 Å². The Balaban J connectivity index is 1.82. The fourth-order valence-corrected chi connectivity index (χ4v) is 4.57. The molecule has 0 unspecified atom stereocenters. The van der Waals surface area contributed by atoms with Gasteiger partial charge in [0.05, 0.1) is 27.3 Å². The molecule has 0 aromatic heterocycles. The third kappa shape index (κ3) is 7.72. The van der Waals surface area contributed by atoms with Crippen molar-refractivity contribution in [2.45, 2.75) is 0 Å². The van der Waals surface area contributed by atoms with E-state index >= 15 is 0 Å². The molecule has 0 saturated heterocycles. The molecule has 0 fully saturated rings. The number of hydrogen-bond donors (Lipinski definition) is 2. The highest BCUT2D eigenvalue weighted by Gasteiger charge is 2.25. The number of carbonyl (C=O) groups excluding carboxylic acids is 4. The molecule has 4 aromatic rings. The van der Waals surface area contributed by atoms with Gasteiger partial charge in [-0.1, -0.05) is 61.7 Å². The summed E-state index contributed by atoms with van der Waals surface area (Å²) in [5, 5.41) is 7.46. The molecule has 0 spiro atoms. The highest BCUT2D eigenvalue weighted by molar-refractivity contribution is 6.06. The first kappa shape index (κ1) is 32.9. The monoisotopic (exact) mass is 628 g/mol. The first-order valence-corrected chi connectivity index (χ1v) is 14.0. The first-order chi connectivity index (χ1) is 22.3. The number of esters is 2. The van der Waals surface area contributed by atoms with E-state index in [-0.39, 0.29) is 37.8 Å². The molecule has 238 valence electrons. The Morgan fingerprint density at radius 2 is 1.00 bits per heavy atom. The summed E-state index contributed by atoms with van der Waals surface area (Å²) in [6.07, 6.45) is 0.383. The summed E-state index contributed by atoms with van der Waals surface area (Å²) < 4.78 is 33.0. The zero-order valence-electron chi connectivity index (χ0n) is 25.3. The fraction of sp³-hybridized carbons (Fsp3) is 0.176. The summed E-state index contributed by atoms with van der Waals surface area (Å²) in [6, 6.07) is 17.6. The van der Waals surface area contributed by atoms with Crippen molar-refractivity contribution in [2.24, 2.45) is 0 Å². The first-order valence-electron chi connectivity index (χ1n) is 14.0. The van der Waals surface area contributed by atoms with E-state index in [1.54, 1.807) is 36.4 Å². The van der Waals surface area contributed by atoms with E-state index in [2.05, 4.69) is 23.8 Å². The van der Waals surface area contributed by atoms with Crippen molar-refractivity contribution in [2.75, 3.05) is 40.5 Å². The predicted octanol–water partition coefficient (Wildman–Crippen LogP) is 5.31. The molecule has 0 heterocycles. The highest BCUT2D eigenvalue weighted by Crippen LogP contribution is 2.49. The summed E-state index contributed by atoms with van der Waals surface area (Å²) in [4.78, 5) is 48.8. The standard InChI is InChI=1S/C34H32N2O10/c1-5-29(37)43-17-15-35-33(39)45-31-23-13-9-7-11-21(23)27(41-3)19-25(31)26-20-28(42-4)22-12-8-10-14-24(22)32(26)46-34(40)36-16-18-44-30(38)6-2/h5-14,19-20H,1-2,15-18H2,3-4H3,(H,35,39)(H,36,40). The van der Waals surface area contributed by atoms with Gasteiger partial charge in [-0.3, -0.25) is 0 Å². The lowest BCUT2D eigenvalue weighted by molar-refractivity contribution is -0.138. The molecule has 4 rings (SSSR count). The number of carbonyl (C=O) groups is 4. The van der Waals surface area contributed by atoms with Crippen LogP contribution in [-0.2, 0) is 19.1 Å². The molecule has 12 heteroatoms. The topological polar surface area (TPSA) is 148 Å². The van der Waals surface area contributed by atoms with Crippen molar-refractivity contribution in [1.82, 2.24) is 10.6 Å². The van der Waals surface area contributed by atoms with Crippen molar-refractivity contribution < 1.29 is 47.6 Å². The minimum Gasteiger partial charge on any atom is -0.496 e. The normalized spacial score (nSPS) is 10.4. The van der Waals surface area contributed by atoms with Gasteiger partial charge in [-0.25, -0.2) is 19.2 Å². The number of methoxy groups -OCH3 is 2. The van der Waals surface area contributed by atoms with Crippen LogP contribution in [0.15, 0.2) is 86.0 Å². The van der Waals surface area contributed by atoms with E-state index in [1.165, 1.54) is 14.2 Å². The van der Waals surface area contributed by atoms with Gasteiger partial charge in [0.2, 0.25) is 0 Å². The summed E-state index contributed by atoms with van der Waals surface area (Å²) in [7, 11) is 3.02. The quantitative estimate of drug-likeness (QED) is 0.113. The van der Waals surface area contributed by atoms with E-state index in [9.17, 15) is 19.2 Å². The van der Waals surface area contributed by atoms with Crippen LogP contribution in [0, 0.1) is 0 Å². The largest absolute Gasteiger partial charge is 0.496 e. The zero-order chi connectivity index (χ0) is 33.1. The van der Waals surface area contributed by atoms with Crippen molar-refractivity contribution in [3.8, 4) is 34.1 Å². The maximum atomic E-state index is 13.0. The second-order valence-corrected chi connectivity index (χ2v) is 9.38. The van der Waals surface area contributed by atoms with Gasteiger partial charge in [-0.2, -0.15) is 0 Å². The lowest BCUT2D eigenvalue weighted by atomic mass is 9.95. The molecule has 4 aromatic carbocycles. The van der Waals surface area contributed by atoms with E-state index in [0.717, 1.165) is 12.2 Å². The van der Waals surface area contributed by atoms with Crippen LogP contribution in [0.4, 0.5) is 9.59 Å². The van der Waals surface area contributed by atoms with Gasteiger partial charge in [-0.15, -0.1) is 0 Å². The van der Waals surface area contributed by atoms with Crippen LogP contribution < -0.4 is 29.6 Å². The van der Waals surface area contributed by atoms with E-state index in [0.29, 0.717) is 44.2 Å². The molecule has 0 aliphatic carbocycles. The smallest absolute Gasteiger partial charge is 0.412 e. The number of rotatable bonds is 13. The lowest BCUT2D eigenvalue weighted by Crippen LogP contribution is -2.31. The molecule has 0 aliphatic rings. The molecule has 2 amide bonds. The third-order valence-corrected chi connectivity index (χ3v) is 6.60. The number of amides is 2. The van der Waals surface area contributed by atoms with E-state index < -0.39 is 24.1 Å². The van der Waals surface area contributed by atoms with Gasteiger partial charge in [0.1, 0.15) is 36.2 Å². The van der Waals surface area contributed by atoms with Crippen molar-refractivity contribution in [3.05, 3.63) is 86.0 Å². The molecular formula is C34H32N2O10. The molecule has 0 aliphatic heterocycles. The van der Waals surface area contributed by atoms with Crippen molar-refractivity contribution in [1.29, 1.82) is 0 Å². The van der Waals surface area contributed by atoms with Crippen LogP contribution in [0.3, 0.4) is 0 Å². The average molecular weight is 629 g/mol. The number of benzene rings is 4. The van der Waals surface area contributed by atoms with Crippen LogP contribution in [0.5, 0.6) is 23.0 Å². The minimum absolute atomic E-state index is 0.0255. The molecular weight excluding hydrogens is 596 g/mol. The van der Waals surface area contributed by atoms with Gasteiger partial charge in [0.25, 0.3) is 0 Å². The Bertz CT molecular complexity index is 1670. The predicted molar refractivity (Wildman–Crippen MR) is 170 cm³/mol. The Hall–Kier alpha value is -6.04. The van der Waals surface area contributed by atoms with Crippen molar-refractivity contribution >= 4 is 45.7 Å². The number of fused-ring (bicyclic) bond motifs is 2. The summed E-state index contributed by atoms with van der Waals surface area (Å²) >= 11 is 0. The van der Waals surface area contributed by atoms with Crippen LogP contribution in [-0.4, -0.2) is 64.6 Å². The Morgan fingerprint density at radius 3 is 1.35 bits per heavy atom. The Kier molecular flexibility index (Phi) is 11.2. The molecule has 0 atom stereocenters. The molecule has 46 heavy (non-hydrogen) atoms. The Labute approximate surface area is 264 Å². The number of hydrogen-bond acceptors (Lipinski definition) is 10. The molecule has 0 radical (unpaired) electrons. The zero-order valence-corrected chi connectivity index (χ0v) is 25.3. The highest BCUT2D eigenvalue weighted by atomic mass is 16.6. The minimum atomic E-state index is -0.826. The second kappa shape index (κ2) is 15.6. The maximum Gasteiger partial charge on any atom is 0.412 e. The average Bonchev–Trinajstić information content (AvgIpc) is 3.08. The summed E-state index contributed by atoms with van der Waals surface area (Å²) in [6.45, 7) is 6.42. The van der Waals surface area contributed by atoms with Crippen LogP contribution in [0.1, 0.15) is 0 Å². The molecule has 12 nitrogen and oxygen atoms in total. The maximum absolute atomic E-state index is 13.0. The van der Waals surface area contributed by atoms with Crippen LogP contribution in [0.2, 0.25) is 0 Å². The fourth-order valence-electron chi connectivity index (χ4n) is 4.57. The second-order valence-electron chi connectivity index (χ2n) is 9.38. The molecule has 0 bridgehead atoms. The number of nitrogens with one attached hydrogen (secondary N) is 2. The van der Waals surface area contributed by atoms with E-state index in [1.807, 2.05) is 24.3 Å². The third-order valence-electron chi connectivity index (χ3n) is 6.60. The van der Waals surface area contributed by atoms with Crippen molar-refractivity contribution in [3.63, 3.8) is 0 Å². The Morgan fingerprint density at radius 1 is 0.630 bits per heavy atom. The SMILES string of the molecule is C=CC(=O)OCCNC(=O)Oc1c(-c2cc(OC)c3ccccc3c2OC(=O)NCCOC(=O)C=C)cc(OC)c2ccccc12. The molecule has 2 N–H and O–H groups in total. The van der Waals surface area contributed by atoms with Crippen LogP contribution in [0.25, 0.3) is 32.7 Å². The summed E-state index contributed by atoms with van der Waals surface area (Å²) in [5.74, 6) is -0.0641. The van der Waals surface area contributed by atoms with Gasteiger partial charge in [-0.05, 0) is 12.1 Å².